The number of nitrogens with two attached hydrogens (primary N) is 2. The molecule has 0 amide bonds. The fraction of sp³-hybridized carbons (Fsp3) is 0.385. The van der Waals surface area contributed by atoms with Gasteiger partial charge < -0.3 is 25.9 Å². The highest BCUT2D eigenvalue weighted by Gasteiger charge is 2.14. The van der Waals surface area contributed by atoms with Crippen LogP contribution in [-0.4, -0.2) is 39.2 Å². The fourth-order valence-corrected chi connectivity index (χ4v) is 3.99. The highest BCUT2D eigenvalue weighted by atomic mass is 35.5. The molecule has 0 fully saturated rings. The summed E-state index contributed by atoms with van der Waals surface area (Å²) in [6.45, 7) is 5.83. The molecule has 1 unspecified atom stereocenters. The maximum Gasteiger partial charge on any atom is 0.138 e. The zero-order valence-corrected chi connectivity index (χ0v) is 21.0. The summed E-state index contributed by atoms with van der Waals surface area (Å²) in [5, 5.41) is 10.0. The van der Waals surface area contributed by atoms with Gasteiger partial charge in [0.15, 0.2) is 0 Å². The summed E-state index contributed by atoms with van der Waals surface area (Å²) in [6.07, 6.45) is 3.16. The van der Waals surface area contributed by atoms with Crippen LogP contribution in [0.1, 0.15) is 50.2 Å². The molecule has 0 aliphatic rings. The third kappa shape index (κ3) is 6.59. The summed E-state index contributed by atoms with van der Waals surface area (Å²) in [7, 11) is 1.95. The lowest BCUT2D eigenvalue weighted by Crippen LogP contribution is -2.20. The molecule has 34 heavy (non-hydrogen) atoms. The topological polar surface area (TPSA) is 112 Å². The molecule has 0 spiro atoms. The second-order valence-corrected chi connectivity index (χ2v) is 9.18. The van der Waals surface area contributed by atoms with E-state index in [4.69, 9.17) is 27.8 Å². The fourth-order valence-electron chi connectivity index (χ4n) is 3.77. The highest BCUT2D eigenvalue weighted by Crippen LogP contribution is 2.27. The Bertz CT molecular complexity index is 1120. The molecule has 0 bridgehead atoms. The Labute approximate surface area is 206 Å². The van der Waals surface area contributed by atoms with Crippen LogP contribution in [0.2, 0.25) is 5.02 Å². The minimum atomic E-state index is -0.166. The third-order valence-electron chi connectivity index (χ3n) is 5.41. The lowest BCUT2D eigenvalue weighted by atomic mass is 10.0. The standard InChI is InChI=1S/C26H34ClN5O2/c1-16(2)34-24-10-9-20(14-22(24)27)25(29)30-21(11-12-33)13-18-5-7-19(8-6-18)23-15-32(4)26(31-23)17(3)28/h5-10,14-17,21,33H,11-13,28H2,1-4H3,(H2,29,30)/t17?,21-/m1/s1. The number of hydrogen-bond donors (Lipinski definition) is 3. The average Bonchev–Trinajstić information content (AvgIpc) is 3.17. The van der Waals surface area contributed by atoms with Gasteiger partial charge in [0.1, 0.15) is 17.4 Å². The van der Waals surface area contributed by atoms with Gasteiger partial charge in [-0.2, -0.15) is 0 Å². The molecule has 0 aliphatic heterocycles. The minimum absolute atomic E-state index is 0.0233. The quantitative estimate of drug-likeness (QED) is 0.295. The van der Waals surface area contributed by atoms with Crippen molar-refractivity contribution in [3.8, 4) is 17.0 Å². The number of amidine groups is 1. The number of aliphatic hydroxyl groups is 1. The molecule has 182 valence electrons. The highest BCUT2D eigenvalue weighted by molar-refractivity contribution is 6.32. The second-order valence-electron chi connectivity index (χ2n) is 8.78. The normalized spacial score (nSPS) is 13.8. The van der Waals surface area contributed by atoms with Crippen molar-refractivity contribution in [2.45, 2.75) is 51.8 Å². The summed E-state index contributed by atoms with van der Waals surface area (Å²) in [5.41, 5.74) is 16.0. The van der Waals surface area contributed by atoms with Crippen LogP contribution in [0.4, 0.5) is 0 Å². The van der Waals surface area contributed by atoms with Crippen LogP contribution in [0.5, 0.6) is 5.75 Å². The molecule has 0 aliphatic carbocycles. The van der Waals surface area contributed by atoms with Gasteiger partial charge in [-0.15, -0.1) is 0 Å². The van der Waals surface area contributed by atoms with Crippen molar-refractivity contribution in [1.82, 2.24) is 9.55 Å². The zero-order chi connectivity index (χ0) is 24.8. The first-order valence-corrected chi connectivity index (χ1v) is 11.8. The number of aromatic nitrogens is 2. The van der Waals surface area contributed by atoms with Crippen LogP contribution in [0.25, 0.3) is 11.3 Å². The first-order valence-electron chi connectivity index (χ1n) is 11.5. The van der Waals surface area contributed by atoms with Crippen molar-refractivity contribution < 1.29 is 9.84 Å². The van der Waals surface area contributed by atoms with E-state index in [1.54, 1.807) is 12.1 Å². The maximum atomic E-state index is 9.56. The first-order chi connectivity index (χ1) is 16.2. The van der Waals surface area contributed by atoms with Crippen molar-refractivity contribution in [2.24, 2.45) is 23.5 Å². The van der Waals surface area contributed by atoms with E-state index in [1.165, 1.54) is 0 Å². The van der Waals surface area contributed by atoms with Crippen LogP contribution >= 0.6 is 11.6 Å². The van der Waals surface area contributed by atoms with E-state index in [2.05, 4.69) is 22.1 Å². The predicted octanol–water partition coefficient (Wildman–Crippen LogP) is 4.25. The number of rotatable bonds is 10. The SMILES string of the molecule is CC(C)Oc1ccc(C(N)=N[C@H](CCO)Cc2ccc(-c3cn(C)c(C(C)N)n3)cc2)cc1Cl. The molecule has 7 nitrogen and oxygen atoms in total. The molecule has 3 aromatic rings. The third-order valence-corrected chi connectivity index (χ3v) is 5.71. The molecule has 8 heteroatoms. The van der Waals surface area contributed by atoms with E-state index < -0.39 is 0 Å². The van der Waals surface area contributed by atoms with Crippen LogP contribution < -0.4 is 16.2 Å². The molecule has 0 saturated carbocycles. The number of halogens is 1. The smallest absolute Gasteiger partial charge is 0.138 e. The van der Waals surface area contributed by atoms with Gasteiger partial charge in [0.2, 0.25) is 0 Å². The van der Waals surface area contributed by atoms with Gasteiger partial charge in [0.25, 0.3) is 0 Å². The van der Waals surface area contributed by atoms with E-state index in [0.29, 0.717) is 29.4 Å². The lowest BCUT2D eigenvalue weighted by molar-refractivity contribution is 0.242. The van der Waals surface area contributed by atoms with Gasteiger partial charge in [0.05, 0.1) is 28.9 Å². The minimum Gasteiger partial charge on any atom is -0.489 e. The van der Waals surface area contributed by atoms with Gasteiger partial charge in [-0.1, -0.05) is 35.9 Å². The summed E-state index contributed by atoms with van der Waals surface area (Å²) >= 11 is 6.35. The second kappa shape index (κ2) is 11.5. The number of aryl methyl sites for hydroxylation is 1. The monoisotopic (exact) mass is 483 g/mol. The predicted molar refractivity (Wildman–Crippen MR) is 138 cm³/mol. The van der Waals surface area contributed by atoms with E-state index in [-0.39, 0.29) is 24.8 Å². The molecule has 3 rings (SSSR count). The number of imidazole rings is 1. The van der Waals surface area contributed by atoms with Gasteiger partial charge >= 0.3 is 0 Å². The molecular formula is C26H34ClN5O2. The summed E-state index contributed by atoms with van der Waals surface area (Å²) < 4.78 is 7.64. The molecule has 0 saturated heterocycles. The van der Waals surface area contributed by atoms with Crippen molar-refractivity contribution in [2.75, 3.05) is 6.61 Å². The van der Waals surface area contributed by atoms with Gasteiger partial charge in [-0.25, -0.2) is 4.98 Å². The van der Waals surface area contributed by atoms with Gasteiger partial charge in [-0.3, -0.25) is 4.99 Å². The van der Waals surface area contributed by atoms with Crippen molar-refractivity contribution in [3.63, 3.8) is 0 Å². The molecular weight excluding hydrogens is 450 g/mol. The Balaban J connectivity index is 1.75. The molecule has 2 aromatic carbocycles. The molecule has 5 N–H and O–H groups in total. The summed E-state index contributed by atoms with van der Waals surface area (Å²) in [4.78, 5) is 9.33. The van der Waals surface area contributed by atoms with Crippen LogP contribution in [0.15, 0.2) is 53.7 Å². The van der Waals surface area contributed by atoms with Crippen molar-refractivity contribution >= 4 is 17.4 Å². The number of ether oxygens (including phenoxy) is 1. The Morgan fingerprint density at radius 1 is 1.18 bits per heavy atom. The van der Waals surface area contributed by atoms with Crippen LogP contribution in [0.3, 0.4) is 0 Å². The lowest BCUT2D eigenvalue weighted by Gasteiger charge is -2.15. The number of benzene rings is 2. The van der Waals surface area contributed by atoms with Crippen LogP contribution in [0, 0.1) is 0 Å². The zero-order valence-electron chi connectivity index (χ0n) is 20.2. The van der Waals surface area contributed by atoms with Crippen molar-refractivity contribution in [3.05, 3.63) is 70.6 Å². The number of aliphatic hydroxyl groups excluding tert-OH is 1. The Morgan fingerprint density at radius 2 is 1.88 bits per heavy atom. The first kappa shape index (κ1) is 25.7. The van der Waals surface area contributed by atoms with E-state index in [9.17, 15) is 5.11 Å². The Morgan fingerprint density at radius 3 is 2.44 bits per heavy atom. The van der Waals surface area contributed by atoms with E-state index >= 15 is 0 Å². The summed E-state index contributed by atoms with van der Waals surface area (Å²) in [6, 6.07) is 13.3. The number of nitrogens with zero attached hydrogens (tertiary/aromatic N) is 3. The molecule has 2 atom stereocenters. The van der Waals surface area contributed by atoms with E-state index in [0.717, 1.165) is 28.2 Å². The Hall–Kier alpha value is -2.87. The number of aliphatic imine (C=N–C) groups is 1. The van der Waals surface area contributed by atoms with Gasteiger partial charge in [-0.05, 0) is 57.4 Å². The Kier molecular flexibility index (Phi) is 8.72. The van der Waals surface area contributed by atoms with Crippen molar-refractivity contribution in [1.29, 1.82) is 0 Å². The average molecular weight is 484 g/mol. The number of hydrogen-bond acceptors (Lipinski definition) is 5. The van der Waals surface area contributed by atoms with E-state index in [1.807, 2.05) is 56.8 Å². The maximum absolute atomic E-state index is 9.56. The molecule has 1 aromatic heterocycles. The molecule has 1 heterocycles. The van der Waals surface area contributed by atoms with Crippen LogP contribution in [-0.2, 0) is 13.5 Å². The summed E-state index contributed by atoms with van der Waals surface area (Å²) in [5.74, 6) is 1.84. The molecule has 0 radical (unpaired) electrons. The largest absolute Gasteiger partial charge is 0.489 e. The van der Waals surface area contributed by atoms with Gasteiger partial charge in [0, 0.05) is 31.0 Å².